The zero-order chi connectivity index (χ0) is 22.7. The number of amides is 2. The Labute approximate surface area is 194 Å². The standard InChI is InChI=1S/C24H19ClN2O4S/c1-15(26-23(29)16-8-2-3-9-17(16)25)24(30)31-14-22(28)27-18-10-4-6-12-20(18)32-21-13-7-5-11-19(21)27/h2-13,15H,14H2,1H3,(H,26,29). The van der Waals surface area contributed by atoms with Crippen molar-refractivity contribution in [2.45, 2.75) is 22.8 Å². The molecular formula is C24H19ClN2O4S. The van der Waals surface area contributed by atoms with Gasteiger partial charge in [0.05, 0.1) is 22.0 Å². The summed E-state index contributed by atoms with van der Waals surface area (Å²) >= 11 is 7.60. The third-order valence-corrected chi connectivity index (χ3v) is 6.30. The number of halogens is 1. The minimum absolute atomic E-state index is 0.254. The van der Waals surface area contributed by atoms with Gasteiger partial charge in [0, 0.05) is 9.79 Å². The molecule has 6 nitrogen and oxygen atoms in total. The van der Waals surface area contributed by atoms with Crippen molar-refractivity contribution in [1.29, 1.82) is 0 Å². The van der Waals surface area contributed by atoms with E-state index in [4.69, 9.17) is 16.3 Å². The molecular weight excluding hydrogens is 448 g/mol. The molecule has 1 N–H and O–H groups in total. The number of rotatable bonds is 5. The number of para-hydroxylation sites is 2. The maximum atomic E-state index is 13.1. The number of esters is 1. The molecule has 0 saturated carbocycles. The van der Waals surface area contributed by atoms with Gasteiger partial charge in [-0.25, -0.2) is 4.79 Å². The van der Waals surface area contributed by atoms with Crippen LogP contribution in [0.2, 0.25) is 5.02 Å². The number of ether oxygens (including phenoxy) is 1. The zero-order valence-electron chi connectivity index (χ0n) is 17.1. The lowest BCUT2D eigenvalue weighted by Crippen LogP contribution is -2.41. The largest absolute Gasteiger partial charge is 0.454 e. The molecule has 0 bridgehead atoms. The first-order valence-electron chi connectivity index (χ1n) is 9.86. The molecule has 2 amide bonds. The van der Waals surface area contributed by atoms with E-state index in [2.05, 4.69) is 5.32 Å². The summed E-state index contributed by atoms with van der Waals surface area (Å²) in [4.78, 5) is 41.3. The fourth-order valence-corrected chi connectivity index (χ4v) is 4.55. The van der Waals surface area contributed by atoms with E-state index < -0.39 is 24.5 Å². The molecule has 32 heavy (non-hydrogen) atoms. The van der Waals surface area contributed by atoms with Crippen LogP contribution in [0.5, 0.6) is 0 Å². The maximum absolute atomic E-state index is 13.1. The predicted molar refractivity (Wildman–Crippen MR) is 123 cm³/mol. The van der Waals surface area contributed by atoms with Crippen LogP contribution in [0.1, 0.15) is 17.3 Å². The van der Waals surface area contributed by atoms with Gasteiger partial charge in [0.1, 0.15) is 6.04 Å². The molecule has 3 aromatic rings. The van der Waals surface area contributed by atoms with Gasteiger partial charge in [0.2, 0.25) is 0 Å². The number of nitrogens with zero attached hydrogens (tertiary/aromatic N) is 1. The third kappa shape index (κ3) is 4.49. The Morgan fingerprint density at radius 3 is 2.12 bits per heavy atom. The summed E-state index contributed by atoms with van der Waals surface area (Å²) < 4.78 is 5.23. The SMILES string of the molecule is CC(NC(=O)c1ccccc1Cl)C(=O)OCC(=O)N1c2ccccc2Sc2ccccc21. The van der Waals surface area contributed by atoms with E-state index in [1.807, 2.05) is 48.5 Å². The number of anilines is 2. The number of hydrogen-bond donors (Lipinski definition) is 1. The van der Waals surface area contributed by atoms with Crippen LogP contribution in [0.4, 0.5) is 11.4 Å². The second kappa shape index (κ2) is 9.46. The Kier molecular flexibility index (Phi) is 6.48. The monoisotopic (exact) mass is 466 g/mol. The van der Waals surface area contributed by atoms with Crippen molar-refractivity contribution in [2.75, 3.05) is 11.5 Å². The Balaban J connectivity index is 1.43. The quantitative estimate of drug-likeness (QED) is 0.545. The molecule has 1 aliphatic rings. The van der Waals surface area contributed by atoms with Crippen molar-refractivity contribution < 1.29 is 19.1 Å². The van der Waals surface area contributed by atoms with E-state index in [0.29, 0.717) is 0 Å². The first-order chi connectivity index (χ1) is 15.5. The molecule has 162 valence electrons. The summed E-state index contributed by atoms with van der Waals surface area (Å²) in [6.07, 6.45) is 0. The van der Waals surface area contributed by atoms with Gasteiger partial charge in [-0.15, -0.1) is 0 Å². The smallest absolute Gasteiger partial charge is 0.328 e. The van der Waals surface area contributed by atoms with Gasteiger partial charge in [-0.2, -0.15) is 0 Å². The number of carbonyl (C=O) groups excluding carboxylic acids is 3. The van der Waals surface area contributed by atoms with Crippen LogP contribution in [-0.2, 0) is 14.3 Å². The van der Waals surface area contributed by atoms with Crippen LogP contribution < -0.4 is 10.2 Å². The van der Waals surface area contributed by atoms with E-state index >= 15 is 0 Å². The Morgan fingerprint density at radius 1 is 0.938 bits per heavy atom. The molecule has 1 heterocycles. The molecule has 3 aromatic carbocycles. The molecule has 0 radical (unpaired) electrons. The van der Waals surface area contributed by atoms with Crippen LogP contribution in [0, 0.1) is 0 Å². The molecule has 0 aromatic heterocycles. The minimum atomic E-state index is -0.956. The molecule has 1 atom stereocenters. The van der Waals surface area contributed by atoms with Crippen LogP contribution in [-0.4, -0.2) is 30.4 Å². The fourth-order valence-electron chi connectivity index (χ4n) is 3.27. The summed E-state index contributed by atoms with van der Waals surface area (Å²) in [5.41, 5.74) is 1.72. The lowest BCUT2D eigenvalue weighted by atomic mass is 10.2. The summed E-state index contributed by atoms with van der Waals surface area (Å²) in [5.74, 6) is -1.60. The Morgan fingerprint density at radius 2 is 1.50 bits per heavy atom. The lowest BCUT2D eigenvalue weighted by molar-refractivity contribution is -0.149. The number of carbonyl (C=O) groups is 3. The molecule has 8 heteroatoms. The van der Waals surface area contributed by atoms with Crippen LogP contribution in [0.15, 0.2) is 82.6 Å². The third-order valence-electron chi connectivity index (χ3n) is 4.84. The van der Waals surface area contributed by atoms with Crippen LogP contribution >= 0.6 is 23.4 Å². The van der Waals surface area contributed by atoms with Gasteiger partial charge in [0.15, 0.2) is 6.61 Å². The van der Waals surface area contributed by atoms with E-state index in [0.717, 1.165) is 21.2 Å². The van der Waals surface area contributed by atoms with Gasteiger partial charge in [-0.1, -0.05) is 59.8 Å². The maximum Gasteiger partial charge on any atom is 0.328 e. The van der Waals surface area contributed by atoms with Crippen molar-refractivity contribution in [3.63, 3.8) is 0 Å². The topological polar surface area (TPSA) is 75.7 Å². The fraction of sp³-hybridized carbons (Fsp3) is 0.125. The average molecular weight is 467 g/mol. The van der Waals surface area contributed by atoms with Crippen molar-refractivity contribution in [1.82, 2.24) is 5.32 Å². The van der Waals surface area contributed by atoms with Gasteiger partial charge >= 0.3 is 5.97 Å². The number of fused-ring (bicyclic) bond motifs is 2. The van der Waals surface area contributed by atoms with Crippen molar-refractivity contribution in [3.8, 4) is 0 Å². The highest BCUT2D eigenvalue weighted by molar-refractivity contribution is 7.99. The molecule has 0 saturated heterocycles. The zero-order valence-corrected chi connectivity index (χ0v) is 18.7. The van der Waals surface area contributed by atoms with Crippen molar-refractivity contribution in [2.24, 2.45) is 0 Å². The van der Waals surface area contributed by atoms with E-state index in [1.54, 1.807) is 40.9 Å². The van der Waals surface area contributed by atoms with Gasteiger partial charge in [-0.05, 0) is 43.3 Å². The first kappa shape index (κ1) is 21.9. The highest BCUT2D eigenvalue weighted by Gasteiger charge is 2.29. The molecule has 4 rings (SSSR count). The van der Waals surface area contributed by atoms with Crippen molar-refractivity contribution >= 4 is 52.5 Å². The first-order valence-corrected chi connectivity index (χ1v) is 11.1. The number of hydrogen-bond acceptors (Lipinski definition) is 5. The summed E-state index contributed by atoms with van der Waals surface area (Å²) in [7, 11) is 0. The van der Waals surface area contributed by atoms with Crippen LogP contribution in [0.3, 0.4) is 0 Å². The lowest BCUT2D eigenvalue weighted by Gasteiger charge is -2.30. The number of benzene rings is 3. The van der Waals surface area contributed by atoms with Crippen LogP contribution in [0.25, 0.3) is 0 Å². The second-order valence-electron chi connectivity index (χ2n) is 7.05. The molecule has 0 spiro atoms. The highest BCUT2D eigenvalue weighted by atomic mass is 35.5. The minimum Gasteiger partial charge on any atom is -0.454 e. The average Bonchev–Trinajstić information content (AvgIpc) is 2.80. The summed E-state index contributed by atoms with van der Waals surface area (Å²) in [6, 6.07) is 20.7. The van der Waals surface area contributed by atoms with Gasteiger partial charge < -0.3 is 10.1 Å². The highest BCUT2D eigenvalue weighted by Crippen LogP contribution is 2.47. The van der Waals surface area contributed by atoms with Gasteiger partial charge in [0.25, 0.3) is 11.8 Å². The molecule has 0 fully saturated rings. The molecule has 0 aliphatic carbocycles. The van der Waals surface area contributed by atoms with E-state index in [1.165, 1.54) is 6.92 Å². The normalized spacial score (nSPS) is 12.9. The van der Waals surface area contributed by atoms with Crippen molar-refractivity contribution in [3.05, 3.63) is 83.4 Å². The van der Waals surface area contributed by atoms with Gasteiger partial charge in [-0.3, -0.25) is 14.5 Å². The molecule has 1 unspecified atom stereocenters. The molecule has 1 aliphatic heterocycles. The Hall–Kier alpha value is -3.29. The predicted octanol–water partition coefficient (Wildman–Crippen LogP) is 4.83. The summed E-state index contributed by atoms with van der Waals surface area (Å²) in [5, 5.41) is 2.82. The summed E-state index contributed by atoms with van der Waals surface area (Å²) in [6.45, 7) is 1.03. The number of nitrogens with one attached hydrogen (secondary N) is 1. The van der Waals surface area contributed by atoms with E-state index in [9.17, 15) is 14.4 Å². The second-order valence-corrected chi connectivity index (χ2v) is 8.54. The van der Waals surface area contributed by atoms with E-state index in [-0.39, 0.29) is 16.5 Å². The Bertz CT molecular complexity index is 1150.